The van der Waals surface area contributed by atoms with Crippen LogP contribution >= 0.6 is 0 Å². The van der Waals surface area contributed by atoms with Crippen LogP contribution in [-0.4, -0.2) is 11.6 Å². The Kier molecular flexibility index (Phi) is 5.52. The highest BCUT2D eigenvalue weighted by Gasteiger charge is 2.38. The first-order valence-electron chi connectivity index (χ1n) is 6.59. The molecule has 0 aliphatic carbocycles. The second-order valence-electron chi connectivity index (χ2n) is 7.30. The van der Waals surface area contributed by atoms with Gasteiger partial charge < -0.3 is 0 Å². The van der Waals surface area contributed by atoms with E-state index in [-0.39, 0.29) is 11.6 Å². The van der Waals surface area contributed by atoms with Crippen LogP contribution < -0.4 is 0 Å². The molecule has 0 aromatic carbocycles. The predicted molar refractivity (Wildman–Crippen MR) is 76.5 cm³/mol. The first-order valence-corrected chi connectivity index (χ1v) is 6.59. The molecule has 0 bridgehead atoms. The quantitative estimate of drug-likeness (QED) is 0.555. The van der Waals surface area contributed by atoms with Crippen molar-refractivity contribution < 1.29 is 9.59 Å². The molecule has 0 saturated carbocycles. The molecule has 0 aromatic heterocycles. The van der Waals surface area contributed by atoms with E-state index in [2.05, 4.69) is 0 Å². The van der Waals surface area contributed by atoms with Gasteiger partial charge in [0.25, 0.3) is 0 Å². The summed E-state index contributed by atoms with van der Waals surface area (Å²) in [6, 6.07) is 0. The molecule has 0 unspecified atom stereocenters. The smallest absolute Gasteiger partial charge is 0.148 e. The second kappa shape index (κ2) is 5.81. The summed E-state index contributed by atoms with van der Waals surface area (Å²) in [4.78, 5) is 24.8. The number of Topliss-reactive ketones (excluding diaryl/α,β-unsaturated/α-hetero) is 2. The molecule has 0 aliphatic heterocycles. The number of rotatable bonds is 4. The molecule has 0 N–H and O–H groups in total. The minimum absolute atomic E-state index is 0.0416. The third kappa shape index (κ3) is 5.16. The van der Waals surface area contributed by atoms with Crippen molar-refractivity contribution in [2.24, 2.45) is 16.7 Å². The van der Waals surface area contributed by atoms with Crippen LogP contribution in [0.1, 0.15) is 61.8 Å². The van der Waals surface area contributed by atoms with Crippen LogP contribution in [0.3, 0.4) is 0 Å². The van der Waals surface area contributed by atoms with E-state index in [1.54, 1.807) is 0 Å². The van der Waals surface area contributed by atoms with E-state index in [0.717, 1.165) is 5.57 Å². The summed E-state index contributed by atoms with van der Waals surface area (Å²) in [7, 11) is 0. The van der Waals surface area contributed by atoms with Crippen LogP contribution in [0, 0.1) is 16.7 Å². The average Bonchev–Trinajstić information content (AvgIpc) is 2.14. The van der Waals surface area contributed by atoms with Crippen LogP contribution in [0.4, 0.5) is 0 Å². The first kappa shape index (κ1) is 17.1. The lowest BCUT2D eigenvalue weighted by Gasteiger charge is -2.28. The molecule has 0 spiro atoms. The molecule has 0 heterocycles. The van der Waals surface area contributed by atoms with Gasteiger partial charge in [-0.1, -0.05) is 53.2 Å². The summed E-state index contributed by atoms with van der Waals surface area (Å²) in [5.74, 6) is -0.431. The predicted octanol–water partition coefficient (Wildman–Crippen LogP) is 4.19. The van der Waals surface area contributed by atoms with E-state index < -0.39 is 16.7 Å². The summed E-state index contributed by atoms with van der Waals surface area (Å²) in [5, 5.41) is 0. The molecule has 2 heteroatoms. The molecule has 18 heavy (non-hydrogen) atoms. The lowest BCUT2D eigenvalue weighted by atomic mass is 9.73. The van der Waals surface area contributed by atoms with Gasteiger partial charge in [0, 0.05) is 10.8 Å². The molecular formula is C16H28O2. The van der Waals surface area contributed by atoms with Gasteiger partial charge in [-0.2, -0.15) is 0 Å². The Balaban J connectivity index is 5.26. The van der Waals surface area contributed by atoms with Crippen molar-refractivity contribution in [1.82, 2.24) is 0 Å². The van der Waals surface area contributed by atoms with Crippen LogP contribution in [0.15, 0.2) is 11.6 Å². The van der Waals surface area contributed by atoms with Crippen molar-refractivity contribution in [3.8, 4) is 0 Å². The van der Waals surface area contributed by atoms with E-state index in [1.165, 1.54) is 0 Å². The number of carbonyl (C=O) groups is 2. The maximum atomic E-state index is 12.4. The average molecular weight is 252 g/mol. The van der Waals surface area contributed by atoms with Gasteiger partial charge >= 0.3 is 0 Å². The standard InChI is InChI=1S/C16H28O2/c1-11(2)9-10-12(13(17)15(3,4)5)14(18)16(6,7)8/h9,12H,10H2,1-8H3. The lowest BCUT2D eigenvalue weighted by molar-refractivity contribution is -0.141. The highest BCUT2D eigenvalue weighted by molar-refractivity contribution is 6.06. The summed E-state index contributed by atoms with van der Waals surface area (Å²) >= 11 is 0. The molecule has 0 saturated heterocycles. The highest BCUT2D eigenvalue weighted by atomic mass is 16.2. The Labute approximate surface area is 112 Å². The fourth-order valence-electron chi connectivity index (χ4n) is 1.73. The molecule has 0 fully saturated rings. The SMILES string of the molecule is CC(C)=CCC(C(=O)C(C)(C)C)C(=O)C(C)(C)C. The van der Waals surface area contributed by atoms with Crippen molar-refractivity contribution in [2.75, 3.05) is 0 Å². The molecule has 0 atom stereocenters. The van der Waals surface area contributed by atoms with Gasteiger partial charge in [0.15, 0.2) is 0 Å². The minimum atomic E-state index is -0.514. The molecule has 0 aromatic rings. The number of allylic oxidation sites excluding steroid dienone is 2. The van der Waals surface area contributed by atoms with Crippen molar-refractivity contribution >= 4 is 11.6 Å². The largest absolute Gasteiger partial charge is 0.298 e. The fraction of sp³-hybridized carbons (Fsp3) is 0.750. The van der Waals surface area contributed by atoms with Crippen molar-refractivity contribution in [3.05, 3.63) is 11.6 Å². The Bertz CT molecular complexity index is 318. The Hall–Kier alpha value is -0.920. The van der Waals surface area contributed by atoms with Gasteiger partial charge in [-0.05, 0) is 20.3 Å². The Morgan fingerprint density at radius 1 is 0.889 bits per heavy atom. The summed E-state index contributed by atoms with van der Waals surface area (Å²) in [6.07, 6.45) is 2.51. The zero-order chi connectivity index (χ0) is 14.7. The van der Waals surface area contributed by atoms with E-state index >= 15 is 0 Å². The van der Waals surface area contributed by atoms with Crippen molar-refractivity contribution in [3.63, 3.8) is 0 Å². The molecule has 0 amide bonds. The van der Waals surface area contributed by atoms with Crippen molar-refractivity contribution in [2.45, 2.75) is 61.8 Å². The van der Waals surface area contributed by atoms with E-state index in [1.807, 2.05) is 61.5 Å². The van der Waals surface area contributed by atoms with Crippen LogP contribution in [-0.2, 0) is 9.59 Å². The van der Waals surface area contributed by atoms with Crippen molar-refractivity contribution in [1.29, 1.82) is 0 Å². The number of hydrogen-bond acceptors (Lipinski definition) is 2. The number of carbonyl (C=O) groups excluding carboxylic acids is 2. The van der Waals surface area contributed by atoms with Crippen LogP contribution in [0.25, 0.3) is 0 Å². The van der Waals surface area contributed by atoms with Gasteiger partial charge in [-0.3, -0.25) is 9.59 Å². The molecular weight excluding hydrogens is 224 g/mol. The van der Waals surface area contributed by atoms with Gasteiger partial charge in [0.2, 0.25) is 0 Å². The summed E-state index contributed by atoms with van der Waals surface area (Å²) < 4.78 is 0. The summed E-state index contributed by atoms with van der Waals surface area (Å²) in [6.45, 7) is 15.2. The first-order chi connectivity index (χ1) is 7.87. The second-order valence-corrected chi connectivity index (χ2v) is 7.30. The molecule has 104 valence electrons. The van der Waals surface area contributed by atoms with Gasteiger partial charge in [0.05, 0.1) is 5.92 Å². The van der Waals surface area contributed by atoms with Crippen LogP contribution in [0.2, 0.25) is 0 Å². The number of hydrogen-bond donors (Lipinski definition) is 0. The van der Waals surface area contributed by atoms with E-state index in [0.29, 0.717) is 6.42 Å². The maximum absolute atomic E-state index is 12.4. The monoisotopic (exact) mass is 252 g/mol. The minimum Gasteiger partial charge on any atom is -0.298 e. The van der Waals surface area contributed by atoms with Gasteiger partial charge in [-0.25, -0.2) is 0 Å². The van der Waals surface area contributed by atoms with E-state index in [9.17, 15) is 9.59 Å². The fourth-order valence-corrected chi connectivity index (χ4v) is 1.73. The highest BCUT2D eigenvalue weighted by Crippen LogP contribution is 2.29. The maximum Gasteiger partial charge on any atom is 0.148 e. The van der Waals surface area contributed by atoms with Gasteiger partial charge in [0.1, 0.15) is 11.6 Å². The third-order valence-corrected chi connectivity index (χ3v) is 2.87. The molecule has 2 nitrogen and oxygen atoms in total. The topological polar surface area (TPSA) is 34.1 Å². The van der Waals surface area contributed by atoms with Crippen LogP contribution in [0.5, 0.6) is 0 Å². The zero-order valence-corrected chi connectivity index (χ0v) is 13.2. The lowest BCUT2D eigenvalue weighted by Crippen LogP contribution is -2.38. The zero-order valence-electron chi connectivity index (χ0n) is 13.2. The molecule has 0 aliphatic rings. The number of ketones is 2. The van der Waals surface area contributed by atoms with Gasteiger partial charge in [-0.15, -0.1) is 0 Å². The molecule has 0 radical (unpaired) electrons. The normalized spacial score (nSPS) is 12.5. The Morgan fingerprint density at radius 2 is 1.22 bits per heavy atom. The summed E-state index contributed by atoms with van der Waals surface area (Å²) in [5.41, 5.74) is 0.200. The Morgan fingerprint density at radius 3 is 1.44 bits per heavy atom. The molecule has 0 rings (SSSR count). The van der Waals surface area contributed by atoms with E-state index in [4.69, 9.17) is 0 Å². The third-order valence-electron chi connectivity index (χ3n) is 2.87.